The fourth-order valence-corrected chi connectivity index (χ4v) is 7.07. The molecule has 0 fully saturated rings. The van der Waals surface area contributed by atoms with Gasteiger partial charge >= 0.3 is 0 Å². The first-order valence-electron chi connectivity index (χ1n) is 17.5. The van der Waals surface area contributed by atoms with Gasteiger partial charge in [0, 0.05) is 5.41 Å². The summed E-state index contributed by atoms with van der Waals surface area (Å²) in [7, 11) is 0. The molecule has 47 heavy (non-hydrogen) atoms. The van der Waals surface area contributed by atoms with Crippen LogP contribution in [0, 0.1) is 0 Å². The Kier molecular flexibility index (Phi) is 12.2. The van der Waals surface area contributed by atoms with Crippen LogP contribution < -0.4 is 0 Å². The lowest BCUT2D eigenvalue weighted by Crippen LogP contribution is -2.28. The molecule has 6 aromatic rings. The zero-order chi connectivity index (χ0) is 33.9. The van der Waals surface area contributed by atoms with Crippen LogP contribution in [-0.2, 0) is 10.8 Å². The van der Waals surface area contributed by atoms with Gasteiger partial charge in [-0.15, -0.1) is 0 Å². The highest BCUT2D eigenvalue weighted by molar-refractivity contribution is 5.86. The first-order valence-corrected chi connectivity index (χ1v) is 17.5. The molecule has 0 N–H and O–H groups in total. The summed E-state index contributed by atoms with van der Waals surface area (Å²) in [5.41, 5.74) is 13.7. The Labute approximate surface area is 285 Å². The van der Waals surface area contributed by atoms with Crippen molar-refractivity contribution in [1.29, 1.82) is 0 Å². The third-order valence-corrected chi connectivity index (χ3v) is 8.86. The molecule has 6 aromatic carbocycles. The Hall–Kier alpha value is -4.68. The number of hydrogen-bond acceptors (Lipinski definition) is 0. The van der Waals surface area contributed by atoms with E-state index in [1.165, 1.54) is 62.1 Å². The zero-order valence-corrected chi connectivity index (χ0v) is 29.7. The van der Waals surface area contributed by atoms with Gasteiger partial charge in [-0.1, -0.05) is 220 Å². The normalized spacial score (nSPS) is 13.1. The lowest BCUT2D eigenvalue weighted by Gasteiger charge is -2.33. The molecular weight excluding hydrogens is 565 g/mol. The van der Waals surface area contributed by atoms with Gasteiger partial charge in [0.05, 0.1) is 5.41 Å². The second kappa shape index (κ2) is 16.2. The van der Waals surface area contributed by atoms with E-state index in [9.17, 15) is 0 Å². The van der Waals surface area contributed by atoms with Gasteiger partial charge in [0.2, 0.25) is 0 Å². The summed E-state index contributed by atoms with van der Waals surface area (Å²) in [6.07, 6.45) is 1.25. The predicted molar refractivity (Wildman–Crippen MR) is 206 cm³/mol. The molecule has 0 atom stereocenters. The first-order chi connectivity index (χ1) is 23.0. The molecule has 0 saturated heterocycles. The summed E-state index contributed by atoms with van der Waals surface area (Å²) in [5, 5.41) is 0. The summed E-state index contributed by atoms with van der Waals surface area (Å²) in [4.78, 5) is 0. The maximum atomic E-state index is 2.30. The molecular formula is C47H52. The Bertz CT molecular complexity index is 1690. The molecule has 0 spiro atoms. The molecule has 0 bridgehead atoms. The van der Waals surface area contributed by atoms with Gasteiger partial charge in [-0.25, -0.2) is 0 Å². The van der Waals surface area contributed by atoms with Gasteiger partial charge in [-0.2, -0.15) is 0 Å². The van der Waals surface area contributed by atoms with Crippen molar-refractivity contribution in [1.82, 2.24) is 0 Å². The van der Waals surface area contributed by atoms with Gasteiger partial charge in [0.25, 0.3) is 0 Å². The van der Waals surface area contributed by atoms with Crippen molar-refractivity contribution in [3.8, 4) is 22.3 Å². The molecule has 0 amide bonds. The fraction of sp³-hybridized carbons (Fsp3) is 0.234. The van der Waals surface area contributed by atoms with Gasteiger partial charge in [-0.05, 0) is 55.6 Å². The second-order valence-electron chi connectivity index (χ2n) is 12.0. The molecule has 240 valence electrons. The molecule has 2 aliphatic carbocycles. The molecule has 0 heteroatoms. The van der Waals surface area contributed by atoms with Crippen LogP contribution in [0.1, 0.15) is 95.2 Å². The van der Waals surface area contributed by atoms with Crippen molar-refractivity contribution in [2.75, 3.05) is 0 Å². The van der Waals surface area contributed by atoms with Gasteiger partial charge in [0.1, 0.15) is 0 Å². The molecule has 0 saturated carbocycles. The minimum atomic E-state index is -0.254. The van der Waals surface area contributed by atoms with Crippen molar-refractivity contribution in [3.05, 3.63) is 191 Å². The third kappa shape index (κ3) is 6.48. The number of hydrogen-bond donors (Lipinski definition) is 0. The molecule has 0 radical (unpaired) electrons. The maximum Gasteiger partial charge on any atom is 0.0713 e. The summed E-state index contributed by atoms with van der Waals surface area (Å²) in [5.74, 6) is 0. The lowest BCUT2D eigenvalue weighted by molar-refractivity contribution is 0.660. The van der Waals surface area contributed by atoms with E-state index in [0.717, 1.165) is 0 Å². The Balaban J connectivity index is 0.000000194. The summed E-state index contributed by atoms with van der Waals surface area (Å²) in [6.45, 7) is 16.9. The van der Waals surface area contributed by atoms with E-state index in [1.54, 1.807) is 0 Å². The van der Waals surface area contributed by atoms with Crippen LogP contribution in [0.5, 0.6) is 0 Å². The molecule has 8 rings (SSSR count). The van der Waals surface area contributed by atoms with E-state index in [4.69, 9.17) is 0 Å². The Morgan fingerprint density at radius 1 is 0.340 bits per heavy atom. The topological polar surface area (TPSA) is 0 Å². The van der Waals surface area contributed by atoms with Crippen molar-refractivity contribution < 1.29 is 0 Å². The van der Waals surface area contributed by atoms with Crippen LogP contribution >= 0.6 is 0 Å². The quantitative estimate of drug-likeness (QED) is 0.181. The largest absolute Gasteiger partial charge is 0.0713 e. The van der Waals surface area contributed by atoms with Crippen molar-refractivity contribution in [2.24, 2.45) is 0 Å². The minimum absolute atomic E-state index is 0.160. The van der Waals surface area contributed by atoms with Gasteiger partial charge < -0.3 is 0 Å². The van der Waals surface area contributed by atoms with Crippen LogP contribution in [-0.4, -0.2) is 0 Å². The third-order valence-electron chi connectivity index (χ3n) is 8.86. The maximum absolute atomic E-state index is 2.30. The standard InChI is InChI=1S/C25H18.C15H14.C3H8.2C2H6/c1-3-11-19(12-4-1)25(20-13-5-2-6-14-20)23-17-9-7-15-21(23)22-16-8-10-18-24(22)25;1-15(2)13-9-5-3-7-11(13)12-8-4-6-10-14(12)15;1-3-2;2*1-2/h1-18H;3-10H,1-2H3;3H2,1-2H3;2*1-2H3. The van der Waals surface area contributed by atoms with Gasteiger partial charge in [0.15, 0.2) is 0 Å². The van der Waals surface area contributed by atoms with E-state index in [-0.39, 0.29) is 10.8 Å². The molecule has 0 heterocycles. The summed E-state index contributed by atoms with van der Waals surface area (Å²) >= 11 is 0. The average molecular weight is 617 g/mol. The summed E-state index contributed by atoms with van der Waals surface area (Å²) < 4.78 is 0. The fourth-order valence-electron chi connectivity index (χ4n) is 7.07. The number of rotatable bonds is 2. The Morgan fingerprint density at radius 3 is 0.894 bits per heavy atom. The predicted octanol–water partition coefficient (Wildman–Crippen LogP) is 13.5. The van der Waals surface area contributed by atoms with Crippen LogP contribution in [0.15, 0.2) is 158 Å². The first kappa shape index (κ1) is 35.2. The number of fused-ring (bicyclic) bond motifs is 6. The van der Waals surface area contributed by atoms with Crippen molar-refractivity contribution in [2.45, 2.75) is 72.6 Å². The van der Waals surface area contributed by atoms with Crippen LogP contribution in [0.4, 0.5) is 0 Å². The number of benzene rings is 6. The monoisotopic (exact) mass is 616 g/mol. The highest BCUT2D eigenvalue weighted by Crippen LogP contribution is 2.55. The molecule has 0 aliphatic heterocycles. The molecule has 0 nitrogen and oxygen atoms in total. The smallest absolute Gasteiger partial charge is 0.0683 e. The van der Waals surface area contributed by atoms with Crippen LogP contribution in [0.3, 0.4) is 0 Å². The highest BCUT2D eigenvalue weighted by atomic mass is 14.5. The van der Waals surface area contributed by atoms with Crippen LogP contribution in [0.2, 0.25) is 0 Å². The van der Waals surface area contributed by atoms with Gasteiger partial charge in [-0.3, -0.25) is 0 Å². The van der Waals surface area contributed by atoms with E-state index < -0.39 is 0 Å². The van der Waals surface area contributed by atoms with Crippen molar-refractivity contribution >= 4 is 0 Å². The molecule has 2 aliphatic rings. The molecule has 0 aromatic heterocycles. The van der Waals surface area contributed by atoms with E-state index in [1.807, 2.05) is 27.7 Å². The SMILES string of the molecule is CC.CC.CC1(C)c2ccccc2-c2ccccc21.CCC.c1ccc(C2(c3ccccc3)c3ccccc3-c3ccccc32)cc1. The van der Waals surface area contributed by atoms with Crippen LogP contribution in [0.25, 0.3) is 22.3 Å². The molecule has 0 unspecified atom stereocenters. The van der Waals surface area contributed by atoms with E-state index in [2.05, 4.69) is 185 Å². The average Bonchev–Trinajstić information content (AvgIpc) is 3.58. The van der Waals surface area contributed by atoms with Crippen molar-refractivity contribution in [3.63, 3.8) is 0 Å². The minimum Gasteiger partial charge on any atom is -0.0683 e. The second-order valence-corrected chi connectivity index (χ2v) is 12.0. The highest BCUT2D eigenvalue weighted by Gasteiger charge is 2.45. The van der Waals surface area contributed by atoms with E-state index in [0.29, 0.717) is 0 Å². The lowest BCUT2D eigenvalue weighted by atomic mass is 9.68. The van der Waals surface area contributed by atoms with E-state index >= 15 is 0 Å². The zero-order valence-electron chi connectivity index (χ0n) is 29.7. The summed E-state index contributed by atoms with van der Waals surface area (Å²) in [6, 6.07) is 56.9. The Morgan fingerprint density at radius 2 is 0.574 bits per heavy atom.